The number of ether oxygens (including phenoxy) is 1. The van der Waals surface area contributed by atoms with Crippen molar-refractivity contribution >= 4 is 55.5 Å². The Labute approximate surface area is 162 Å². The van der Waals surface area contributed by atoms with Gasteiger partial charge in [0.2, 0.25) is 5.13 Å². The van der Waals surface area contributed by atoms with Gasteiger partial charge in [-0.2, -0.15) is 0 Å². The highest BCUT2D eigenvalue weighted by atomic mass is 32.2. The van der Waals surface area contributed by atoms with Crippen molar-refractivity contribution in [3.05, 3.63) is 41.0 Å². The van der Waals surface area contributed by atoms with Gasteiger partial charge in [0.05, 0.1) is 12.8 Å². The summed E-state index contributed by atoms with van der Waals surface area (Å²) in [7, 11) is 1.65. The Bertz CT molecular complexity index is 1080. The summed E-state index contributed by atoms with van der Waals surface area (Å²) in [6.07, 6.45) is 1.61. The van der Waals surface area contributed by atoms with Crippen LogP contribution in [-0.2, 0) is 0 Å². The zero-order valence-corrected chi connectivity index (χ0v) is 16.8. The van der Waals surface area contributed by atoms with Gasteiger partial charge >= 0.3 is 0 Å². The molecule has 26 heavy (non-hydrogen) atoms. The van der Waals surface area contributed by atoms with Crippen molar-refractivity contribution in [2.75, 3.05) is 12.4 Å². The Morgan fingerprint density at radius 2 is 1.92 bits per heavy atom. The van der Waals surface area contributed by atoms with E-state index in [2.05, 4.69) is 39.3 Å². The van der Waals surface area contributed by atoms with Gasteiger partial charge in [-0.25, -0.2) is 9.97 Å². The standard InChI is InChI=1S/C17H15N5OS3/c1-9-10(2)24-14-13(9)15(19-8-18-14)25-17-22-21-16(26-17)20-11-6-4-5-7-12(11)23-3/h4-8H,1-3H3,(H,20,21). The van der Waals surface area contributed by atoms with Crippen LogP contribution in [0.2, 0.25) is 0 Å². The van der Waals surface area contributed by atoms with Crippen LogP contribution in [0.25, 0.3) is 10.2 Å². The Hall–Kier alpha value is -2.23. The highest BCUT2D eigenvalue weighted by Crippen LogP contribution is 2.39. The van der Waals surface area contributed by atoms with Crippen LogP contribution in [0.1, 0.15) is 10.4 Å². The number of nitrogens with one attached hydrogen (secondary N) is 1. The molecular formula is C17H15N5OS3. The highest BCUT2D eigenvalue weighted by molar-refractivity contribution is 8.01. The van der Waals surface area contributed by atoms with Gasteiger partial charge < -0.3 is 10.1 Å². The van der Waals surface area contributed by atoms with Crippen molar-refractivity contribution in [2.45, 2.75) is 23.2 Å². The minimum Gasteiger partial charge on any atom is -0.495 e. The summed E-state index contributed by atoms with van der Waals surface area (Å²) in [5.74, 6) is 0.763. The fourth-order valence-corrected chi connectivity index (χ4v) is 5.36. The molecule has 4 rings (SSSR count). The first-order chi connectivity index (χ1) is 12.7. The van der Waals surface area contributed by atoms with Crippen molar-refractivity contribution in [3.63, 3.8) is 0 Å². The molecule has 3 heterocycles. The SMILES string of the molecule is COc1ccccc1Nc1nnc(Sc2ncnc3sc(C)c(C)c23)s1. The summed E-state index contributed by atoms with van der Waals surface area (Å²) < 4.78 is 6.18. The third-order valence-corrected chi connectivity index (χ3v) is 6.88. The molecule has 0 aliphatic rings. The predicted molar refractivity (Wildman–Crippen MR) is 107 cm³/mol. The van der Waals surface area contributed by atoms with Gasteiger partial charge in [-0.15, -0.1) is 21.5 Å². The molecule has 132 valence electrons. The Morgan fingerprint density at radius 3 is 2.77 bits per heavy atom. The average molecular weight is 402 g/mol. The fourth-order valence-electron chi connectivity index (χ4n) is 2.47. The van der Waals surface area contributed by atoms with Gasteiger partial charge in [-0.3, -0.25) is 0 Å². The molecule has 0 amide bonds. The van der Waals surface area contributed by atoms with Gasteiger partial charge in [-0.1, -0.05) is 23.5 Å². The zero-order chi connectivity index (χ0) is 18.1. The number of benzene rings is 1. The predicted octanol–water partition coefficient (Wildman–Crippen LogP) is 5.06. The minimum atomic E-state index is 0.709. The molecule has 1 aromatic carbocycles. The van der Waals surface area contributed by atoms with Crippen molar-refractivity contribution in [3.8, 4) is 5.75 Å². The number of anilines is 2. The topological polar surface area (TPSA) is 72.8 Å². The van der Waals surface area contributed by atoms with E-state index < -0.39 is 0 Å². The molecule has 0 unspecified atom stereocenters. The summed E-state index contributed by atoms with van der Waals surface area (Å²) in [4.78, 5) is 11.1. The van der Waals surface area contributed by atoms with E-state index in [0.29, 0.717) is 5.13 Å². The van der Waals surface area contributed by atoms with Gasteiger partial charge in [0.25, 0.3) is 0 Å². The van der Waals surface area contributed by atoms with E-state index >= 15 is 0 Å². The van der Waals surface area contributed by atoms with Crippen LogP contribution >= 0.6 is 34.4 Å². The molecule has 0 bridgehead atoms. The number of aromatic nitrogens is 4. The lowest BCUT2D eigenvalue weighted by Crippen LogP contribution is -1.93. The number of nitrogens with zero attached hydrogens (tertiary/aromatic N) is 4. The average Bonchev–Trinajstić information content (AvgIpc) is 3.20. The highest BCUT2D eigenvalue weighted by Gasteiger charge is 2.15. The van der Waals surface area contributed by atoms with E-state index in [-0.39, 0.29) is 0 Å². The number of fused-ring (bicyclic) bond motifs is 1. The third-order valence-electron chi connectivity index (χ3n) is 3.87. The second kappa shape index (κ2) is 7.18. The molecule has 9 heteroatoms. The molecule has 0 spiro atoms. The smallest absolute Gasteiger partial charge is 0.211 e. The van der Waals surface area contributed by atoms with Gasteiger partial charge in [-0.05, 0) is 43.3 Å². The second-order valence-corrected chi connectivity index (χ2v) is 8.86. The molecule has 0 radical (unpaired) electrons. The maximum absolute atomic E-state index is 5.36. The van der Waals surface area contributed by atoms with Crippen LogP contribution in [0.3, 0.4) is 0 Å². The first kappa shape index (κ1) is 17.2. The molecular weight excluding hydrogens is 386 g/mol. The van der Waals surface area contributed by atoms with E-state index in [4.69, 9.17) is 4.74 Å². The summed E-state index contributed by atoms with van der Waals surface area (Å²) in [6.45, 7) is 4.21. The number of rotatable bonds is 5. The number of methoxy groups -OCH3 is 1. The zero-order valence-electron chi connectivity index (χ0n) is 14.3. The molecule has 0 saturated heterocycles. The van der Waals surface area contributed by atoms with Crippen LogP contribution in [0, 0.1) is 13.8 Å². The first-order valence-corrected chi connectivity index (χ1v) is 10.2. The van der Waals surface area contributed by atoms with Crippen LogP contribution in [0.15, 0.2) is 40.0 Å². The molecule has 6 nitrogen and oxygen atoms in total. The van der Waals surface area contributed by atoms with Gasteiger partial charge in [0, 0.05) is 10.3 Å². The Balaban J connectivity index is 1.60. The molecule has 4 aromatic rings. The molecule has 3 aromatic heterocycles. The van der Waals surface area contributed by atoms with E-state index in [1.807, 2.05) is 24.3 Å². The maximum Gasteiger partial charge on any atom is 0.211 e. The molecule has 0 aliphatic heterocycles. The second-order valence-electron chi connectivity index (χ2n) is 5.44. The van der Waals surface area contributed by atoms with E-state index in [0.717, 1.165) is 31.0 Å². The molecule has 1 N–H and O–H groups in total. The molecule has 0 aliphatic carbocycles. The fraction of sp³-hybridized carbons (Fsp3) is 0.176. The van der Waals surface area contributed by atoms with Crippen LogP contribution < -0.4 is 10.1 Å². The molecule has 0 atom stereocenters. The normalized spacial score (nSPS) is 11.0. The summed E-state index contributed by atoms with van der Waals surface area (Å²) in [5.41, 5.74) is 2.08. The summed E-state index contributed by atoms with van der Waals surface area (Å²) in [6, 6.07) is 7.72. The largest absolute Gasteiger partial charge is 0.495 e. The van der Waals surface area contributed by atoms with E-state index in [1.165, 1.54) is 33.5 Å². The number of thiophene rings is 1. The first-order valence-electron chi connectivity index (χ1n) is 7.78. The molecule has 0 fully saturated rings. The maximum atomic E-state index is 5.36. The number of para-hydroxylation sites is 2. The van der Waals surface area contributed by atoms with Gasteiger partial charge in [0.15, 0.2) is 4.34 Å². The number of aryl methyl sites for hydroxylation is 2. The lowest BCUT2D eigenvalue weighted by Gasteiger charge is -2.07. The van der Waals surface area contributed by atoms with Crippen molar-refractivity contribution in [1.82, 2.24) is 20.2 Å². The van der Waals surface area contributed by atoms with E-state index in [9.17, 15) is 0 Å². The van der Waals surface area contributed by atoms with Crippen LogP contribution in [-0.4, -0.2) is 27.3 Å². The van der Waals surface area contributed by atoms with Crippen molar-refractivity contribution in [1.29, 1.82) is 0 Å². The minimum absolute atomic E-state index is 0.709. The number of hydrogen-bond acceptors (Lipinski definition) is 9. The van der Waals surface area contributed by atoms with Crippen LogP contribution in [0.5, 0.6) is 5.75 Å². The van der Waals surface area contributed by atoms with Gasteiger partial charge in [0.1, 0.15) is 21.9 Å². The number of hydrogen-bond donors (Lipinski definition) is 1. The third kappa shape index (κ3) is 3.25. The quantitative estimate of drug-likeness (QED) is 0.468. The Kier molecular flexibility index (Phi) is 4.75. The van der Waals surface area contributed by atoms with Crippen LogP contribution in [0.4, 0.5) is 10.8 Å². The summed E-state index contributed by atoms with van der Waals surface area (Å²) >= 11 is 4.69. The Morgan fingerprint density at radius 1 is 1.08 bits per heavy atom. The lowest BCUT2D eigenvalue weighted by atomic mass is 10.2. The molecule has 0 saturated carbocycles. The monoisotopic (exact) mass is 401 g/mol. The lowest BCUT2D eigenvalue weighted by molar-refractivity contribution is 0.417. The van der Waals surface area contributed by atoms with E-state index in [1.54, 1.807) is 24.8 Å². The van der Waals surface area contributed by atoms with Crippen molar-refractivity contribution in [2.24, 2.45) is 0 Å². The summed E-state index contributed by atoms with van der Waals surface area (Å²) in [5, 5.41) is 14.5. The van der Waals surface area contributed by atoms with Crippen molar-refractivity contribution < 1.29 is 4.74 Å².